The maximum absolute atomic E-state index is 12.7. The number of aliphatic hydroxyl groups is 1. The van der Waals surface area contributed by atoms with Crippen LogP contribution in [0.5, 0.6) is 5.75 Å². The number of aryl methyl sites for hydroxylation is 1. The van der Waals surface area contributed by atoms with Crippen molar-refractivity contribution in [3.63, 3.8) is 0 Å². The first-order valence-electron chi connectivity index (χ1n) is 10.5. The third-order valence-corrected chi connectivity index (χ3v) is 6.72. The van der Waals surface area contributed by atoms with E-state index < -0.39 is 27.9 Å². The van der Waals surface area contributed by atoms with Crippen LogP contribution in [0.25, 0.3) is 11.3 Å². The highest BCUT2D eigenvalue weighted by Gasteiger charge is 2.22. The van der Waals surface area contributed by atoms with E-state index in [0.717, 1.165) is 16.3 Å². The number of aliphatic hydroxyl groups excluding tert-OH is 1. The number of likely N-dealkylation sites (N-methyl/N-ethyl adjacent to an activating group) is 1. The van der Waals surface area contributed by atoms with Crippen LogP contribution in [-0.2, 0) is 14.9 Å². The van der Waals surface area contributed by atoms with Gasteiger partial charge in [-0.3, -0.25) is 0 Å². The number of thiazole rings is 1. The number of hydrogen-bond acceptors (Lipinski definition) is 8. The second-order valence-corrected chi connectivity index (χ2v) is 11.4. The normalized spacial score (nSPS) is 12.8. The number of amides is 1. The summed E-state index contributed by atoms with van der Waals surface area (Å²) in [4.78, 5) is 17.8. The molecule has 0 aliphatic heterocycles. The first kappa shape index (κ1) is 25.7. The fourth-order valence-corrected chi connectivity index (χ4v) is 4.54. The summed E-state index contributed by atoms with van der Waals surface area (Å²) in [5.74, 6) is 0.107. The fraction of sp³-hybridized carbons (Fsp3) is 0.333. The quantitative estimate of drug-likeness (QED) is 0.461. The Morgan fingerprint density at radius 3 is 2.26 bits per heavy atom. The lowest BCUT2D eigenvalue weighted by Crippen LogP contribution is -2.36. The Morgan fingerprint density at radius 1 is 1.12 bits per heavy atom. The molecule has 0 aliphatic rings. The summed E-state index contributed by atoms with van der Waals surface area (Å²) >= 11 is 1.52. The van der Waals surface area contributed by atoms with Crippen molar-refractivity contribution in [3.05, 3.63) is 64.5 Å². The number of benzene rings is 2. The zero-order chi connectivity index (χ0) is 25.1. The summed E-state index contributed by atoms with van der Waals surface area (Å²) in [6, 6.07) is 12.3. The van der Waals surface area contributed by atoms with Crippen LogP contribution in [0.2, 0.25) is 0 Å². The van der Waals surface area contributed by atoms with Crippen molar-refractivity contribution in [3.8, 4) is 17.0 Å². The monoisotopic (exact) mass is 504 g/mol. The van der Waals surface area contributed by atoms with Gasteiger partial charge in [0, 0.05) is 18.0 Å². The molecule has 8 nitrogen and oxygen atoms in total. The molecule has 34 heavy (non-hydrogen) atoms. The van der Waals surface area contributed by atoms with Crippen molar-refractivity contribution in [1.29, 1.82) is 0 Å². The molecule has 0 saturated heterocycles. The summed E-state index contributed by atoms with van der Waals surface area (Å²) in [6.07, 6.45) is -1.53. The Labute approximate surface area is 203 Å². The molecule has 1 aromatic heterocycles. The van der Waals surface area contributed by atoms with Gasteiger partial charge in [-0.1, -0.05) is 24.3 Å². The number of carbonyl (C=O) groups excluding carboxylic acids is 1. The Morgan fingerprint density at radius 2 is 1.74 bits per heavy atom. The van der Waals surface area contributed by atoms with E-state index in [1.807, 2.05) is 12.3 Å². The third kappa shape index (κ3) is 6.78. The molecule has 0 radical (unpaired) electrons. The average Bonchev–Trinajstić information content (AvgIpc) is 3.19. The maximum atomic E-state index is 12.7. The van der Waals surface area contributed by atoms with Crippen LogP contribution in [0.4, 0.5) is 4.79 Å². The molecule has 3 rings (SSSR count). The number of carbonyl (C=O) groups is 1. The van der Waals surface area contributed by atoms with Gasteiger partial charge < -0.3 is 18.9 Å². The zero-order valence-electron chi connectivity index (χ0n) is 19.7. The van der Waals surface area contributed by atoms with Gasteiger partial charge in [0.25, 0.3) is 0 Å². The van der Waals surface area contributed by atoms with Crippen LogP contribution >= 0.6 is 11.3 Å². The van der Waals surface area contributed by atoms with Crippen LogP contribution in [0.3, 0.4) is 0 Å². The van der Waals surface area contributed by atoms with Gasteiger partial charge in [-0.15, -0.1) is 11.3 Å². The third-order valence-electron chi connectivity index (χ3n) is 4.68. The van der Waals surface area contributed by atoms with Crippen molar-refractivity contribution in [2.45, 2.75) is 44.3 Å². The molecule has 1 amide bonds. The van der Waals surface area contributed by atoms with Gasteiger partial charge >= 0.3 is 16.2 Å². The minimum atomic E-state index is -4.04. The Balaban J connectivity index is 1.63. The molecule has 1 heterocycles. The minimum Gasteiger partial charge on any atom is -0.444 e. The highest BCUT2D eigenvalue weighted by molar-refractivity contribution is 7.87. The zero-order valence-corrected chi connectivity index (χ0v) is 21.3. The molecular formula is C24H28N2O6S2. The largest absolute Gasteiger partial charge is 0.444 e. The Hall–Kier alpha value is -2.95. The van der Waals surface area contributed by atoms with E-state index in [1.165, 1.54) is 47.5 Å². The van der Waals surface area contributed by atoms with E-state index in [4.69, 9.17) is 8.92 Å². The number of hydrogen-bond donors (Lipinski definition) is 1. The molecule has 3 aromatic rings. The fourth-order valence-electron chi connectivity index (χ4n) is 2.99. The van der Waals surface area contributed by atoms with E-state index in [1.54, 1.807) is 45.0 Å². The van der Waals surface area contributed by atoms with Crippen LogP contribution in [-0.4, -0.2) is 48.7 Å². The first-order chi connectivity index (χ1) is 15.8. The molecular weight excluding hydrogens is 476 g/mol. The Bertz CT molecular complexity index is 1230. The summed E-state index contributed by atoms with van der Waals surface area (Å²) in [5.41, 5.74) is 1.47. The molecule has 0 spiro atoms. The van der Waals surface area contributed by atoms with Crippen LogP contribution in [0.15, 0.2) is 58.8 Å². The van der Waals surface area contributed by atoms with E-state index in [0.29, 0.717) is 5.56 Å². The molecule has 182 valence electrons. The number of nitrogens with zero attached hydrogens (tertiary/aromatic N) is 2. The highest BCUT2D eigenvalue weighted by atomic mass is 32.2. The van der Waals surface area contributed by atoms with Crippen molar-refractivity contribution in [2.24, 2.45) is 0 Å². The SMILES string of the molecule is Cc1nc(-c2ccc(S(=O)(=O)Oc3ccc(C(O)CN(C)C(=O)OC(C)(C)C)cc3)cc2)cs1. The lowest BCUT2D eigenvalue weighted by atomic mass is 10.1. The summed E-state index contributed by atoms with van der Waals surface area (Å²) in [6.45, 7) is 7.21. The van der Waals surface area contributed by atoms with Crippen molar-refractivity contribution in [2.75, 3.05) is 13.6 Å². The van der Waals surface area contributed by atoms with E-state index >= 15 is 0 Å². The van der Waals surface area contributed by atoms with Gasteiger partial charge in [0.1, 0.15) is 16.2 Å². The van der Waals surface area contributed by atoms with Gasteiger partial charge in [0.2, 0.25) is 0 Å². The van der Waals surface area contributed by atoms with Crippen LogP contribution in [0.1, 0.15) is 37.4 Å². The molecule has 1 unspecified atom stereocenters. The number of ether oxygens (including phenoxy) is 1. The van der Waals surface area contributed by atoms with Crippen LogP contribution < -0.4 is 4.18 Å². The van der Waals surface area contributed by atoms with E-state index in [-0.39, 0.29) is 17.2 Å². The molecule has 0 saturated carbocycles. The molecule has 2 aromatic carbocycles. The Kier molecular flexibility index (Phi) is 7.64. The predicted molar refractivity (Wildman–Crippen MR) is 130 cm³/mol. The van der Waals surface area contributed by atoms with E-state index in [2.05, 4.69) is 4.98 Å². The van der Waals surface area contributed by atoms with E-state index in [9.17, 15) is 18.3 Å². The van der Waals surface area contributed by atoms with Gasteiger partial charge in [0.05, 0.1) is 23.4 Å². The first-order valence-corrected chi connectivity index (χ1v) is 12.8. The molecule has 0 fully saturated rings. The topological polar surface area (TPSA) is 106 Å². The number of rotatable bonds is 7. The van der Waals surface area contributed by atoms with Gasteiger partial charge in [-0.2, -0.15) is 8.42 Å². The number of aromatic nitrogens is 1. The molecule has 0 bridgehead atoms. The van der Waals surface area contributed by atoms with Gasteiger partial charge in [-0.05, 0) is 57.5 Å². The van der Waals surface area contributed by atoms with Gasteiger partial charge in [-0.25, -0.2) is 9.78 Å². The van der Waals surface area contributed by atoms with Crippen molar-refractivity contribution in [1.82, 2.24) is 9.88 Å². The highest BCUT2D eigenvalue weighted by Crippen LogP contribution is 2.26. The van der Waals surface area contributed by atoms with Crippen molar-refractivity contribution < 1.29 is 27.2 Å². The summed E-state index contributed by atoms with van der Waals surface area (Å²) in [5, 5.41) is 13.3. The van der Waals surface area contributed by atoms with Crippen molar-refractivity contribution >= 4 is 27.5 Å². The standard InChI is InChI=1S/C24H28N2O6S2/c1-16-25-21(15-33-16)17-8-12-20(13-9-17)34(29,30)32-19-10-6-18(7-11-19)22(27)14-26(5)23(28)31-24(2,3)4/h6-13,15,22,27H,14H2,1-5H3. The maximum Gasteiger partial charge on any atom is 0.410 e. The predicted octanol–water partition coefficient (Wildman–Crippen LogP) is 4.79. The smallest absolute Gasteiger partial charge is 0.410 e. The second kappa shape index (κ2) is 10.1. The second-order valence-electron chi connectivity index (χ2n) is 8.76. The lowest BCUT2D eigenvalue weighted by Gasteiger charge is -2.26. The summed E-state index contributed by atoms with van der Waals surface area (Å²) < 4.78 is 35.8. The molecule has 0 aliphatic carbocycles. The van der Waals surface area contributed by atoms with Crippen LogP contribution in [0, 0.1) is 6.92 Å². The molecule has 10 heteroatoms. The van der Waals surface area contributed by atoms with Gasteiger partial charge in [0.15, 0.2) is 0 Å². The summed E-state index contributed by atoms with van der Waals surface area (Å²) in [7, 11) is -2.51. The molecule has 1 atom stereocenters. The molecule has 1 N–H and O–H groups in total. The minimum absolute atomic E-state index is 0.0122. The lowest BCUT2D eigenvalue weighted by molar-refractivity contribution is 0.0205. The average molecular weight is 505 g/mol.